The Bertz CT molecular complexity index is 372. The van der Waals surface area contributed by atoms with Crippen molar-refractivity contribution in [2.75, 3.05) is 34.5 Å². The van der Waals surface area contributed by atoms with E-state index < -0.39 is 10.8 Å². The van der Waals surface area contributed by atoms with Crippen molar-refractivity contribution in [1.82, 2.24) is 9.97 Å². The summed E-state index contributed by atoms with van der Waals surface area (Å²) in [5, 5.41) is 3.01. The second-order valence-corrected chi connectivity index (χ2v) is 4.87. The fourth-order valence-corrected chi connectivity index (χ4v) is 1.69. The Balaban J connectivity index is 2.53. The number of nitrogens with one attached hydrogen (secondary N) is 2. The molecule has 1 heterocycles. The Kier molecular flexibility index (Phi) is 4.93. The third kappa shape index (κ3) is 3.99. The largest absolute Gasteiger partial charge is 0.369 e. The molecule has 0 radical (unpaired) electrons. The molecule has 8 heteroatoms. The molecule has 0 aliphatic heterocycles. The highest BCUT2D eigenvalue weighted by molar-refractivity contribution is 7.84. The van der Waals surface area contributed by atoms with Crippen molar-refractivity contribution in [3.8, 4) is 0 Å². The standard InChI is InChI=1S/C8H16N6OS/c1-2-16(15)4-3-11-6-5-7(14-10)13-8(9)12-6/h5H,2-4,10H2,1H3,(H4,9,11,12,13,14). The molecule has 6 N–H and O–H groups in total. The first-order valence-corrected chi connectivity index (χ1v) is 6.34. The Hall–Kier alpha value is -1.41. The number of nitrogens with two attached hydrogens (primary N) is 2. The van der Waals surface area contributed by atoms with Gasteiger partial charge in [-0.3, -0.25) is 4.21 Å². The van der Waals surface area contributed by atoms with Gasteiger partial charge < -0.3 is 16.5 Å². The molecule has 1 rings (SSSR count). The van der Waals surface area contributed by atoms with Gasteiger partial charge in [0.1, 0.15) is 11.6 Å². The zero-order chi connectivity index (χ0) is 12.0. The maximum absolute atomic E-state index is 11.2. The van der Waals surface area contributed by atoms with E-state index >= 15 is 0 Å². The third-order valence-electron chi connectivity index (χ3n) is 1.85. The van der Waals surface area contributed by atoms with Gasteiger partial charge in [0.25, 0.3) is 0 Å². The lowest BCUT2D eigenvalue weighted by Crippen LogP contribution is -2.15. The van der Waals surface area contributed by atoms with Crippen LogP contribution in [0.4, 0.5) is 17.6 Å². The van der Waals surface area contributed by atoms with Gasteiger partial charge in [-0.1, -0.05) is 6.92 Å². The van der Waals surface area contributed by atoms with E-state index in [-0.39, 0.29) is 5.95 Å². The Morgan fingerprint density at radius 3 is 2.75 bits per heavy atom. The number of rotatable bonds is 6. The first-order valence-electron chi connectivity index (χ1n) is 4.85. The van der Waals surface area contributed by atoms with Crippen LogP contribution in [0.1, 0.15) is 6.92 Å². The molecule has 0 saturated heterocycles. The molecule has 0 aliphatic carbocycles. The quantitative estimate of drug-likeness (QED) is 0.394. The average molecular weight is 244 g/mol. The van der Waals surface area contributed by atoms with Gasteiger partial charge in [-0.05, 0) is 0 Å². The highest BCUT2D eigenvalue weighted by Crippen LogP contribution is 2.10. The minimum Gasteiger partial charge on any atom is -0.369 e. The molecule has 7 nitrogen and oxygen atoms in total. The fraction of sp³-hybridized carbons (Fsp3) is 0.500. The second kappa shape index (κ2) is 6.23. The molecule has 0 aliphatic rings. The highest BCUT2D eigenvalue weighted by Gasteiger charge is 2.01. The highest BCUT2D eigenvalue weighted by atomic mass is 32.2. The van der Waals surface area contributed by atoms with Gasteiger partial charge in [-0.2, -0.15) is 9.97 Å². The van der Waals surface area contributed by atoms with E-state index in [4.69, 9.17) is 11.6 Å². The van der Waals surface area contributed by atoms with E-state index in [0.29, 0.717) is 29.7 Å². The smallest absolute Gasteiger partial charge is 0.223 e. The van der Waals surface area contributed by atoms with Gasteiger partial charge in [0.2, 0.25) is 5.95 Å². The molecule has 16 heavy (non-hydrogen) atoms. The lowest BCUT2D eigenvalue weighted by atomic mass is 10.5. The molecular formula is C8H16N6OS. The molecule has 0 fully saturated rings. The van der Waals surface area contributed by atoms with E-state index in [1.54, 1.807) is 6.07 Å². The van der Waals surface area contributed by atoms with Crippen LogP contribution >= 0.6 is 0 Å². The van der Waals surface area contributed by atoms with Crippen molar-refractivity contribution >= 4 is 28.4 Å². The maximum Gasteiger partial charge on any atom is 0.223 e. The van der Waals surface area contributed by atoms with E-state index in [9.17, 15) is 4.21 Å². The number of anilines is 3. The van der Waals surface area contributed by atoms with Crippen LogP contribution in [0.25, 0.3) is 0 Å². The normalized spacial score (nSPS) is 12.1. The molecule has 0 amide bonds. The molecule has 0 spiro atoms. The van der Waals surface area contributed by atoms with Crippen LogP contribution in [0, 0.1) is 0 Å². The van der Waals surface area contributed by atoms with E-state index in [2.05, 4.69) is 20.7 Å². The van der Waals surface area contributed by atoms with Gasteiger partial charge in [0.05, 0.1) is 0 Å². The summed E-state index contributed by atoms with van der Waals surface area (Å²) in [5.74, 6) is 7.58. The Labute approximate surface area is 96.5 Å². The van der Waals surface area contributed by atoms with Gasteiger partial charge in [0, 0.05) is 34.9 Å². The Morgan fingerprint density at radius 1 is 1.44 bits per heavy atom. The van der Waals surface area contributed by atoms with Crippen LogP contribution in [-0.2, 0) is 10.8 Å². The number of hydrazine groups is 1. The Morgan fingerprint density at radius 2 is 2.12 bits per heavy atom. The van der Waals surface area contributed by atoms with E-state index in [1.165, 1.54) is 0 Å². The van der Waals surface area contributed by atoms with Crippen molar-refractivity contribution in [1.29, 1.82) is 0 Å². The summed E-state index contributed by atoms with van der Waals surface area (Å²) in [7, 11) is -0.791. The maximum atomic E-state index is 11.2. The SMILES string of the molecule is CCS(=O)CCNc1cc(NN)nc(N)n1. The minimum absolute atomic E-state index is 0.134. The summed E-state index contributed by atoms with van der Waals surface area (Å²) in [5.41, 5.74) is 7.86. The molecule has 1 aromatic heterocycles. The topological polar surface area (TPSA) is 119 Å². The summed E-state index contributed by atoms with van der Waals surface area (Å²) in [6.07, 6.45) is 0. The monoisotopic (exact) mass is 244 g/mol. The van der Waals surface area contributed by atoms with Gasteiger partial charge in [-0.15, -0.1) is 0 Å². The first kappa shape index (κ1) is 12.7. The number of hydrogen-bond donors (Lipinski definition) is 4. The van der Waals surface area contributed by atoms with Gasteiger partial charge in [0.15, 0.2) is 0 Å². The summed E-state index contributed by atoms with van der Waals surface area (Å²) in [6.45, 7) is 2.45. The van der Waals surface area contributed by atoms with E-state index in [1.807, 2.05) is 6.92 Å². The van der Waals surface area contributed by atoms with Crippen LogP contribution in [-0.4, -0.2) is 32.2 Å². The number of hydrogen-bond acceptors (Lipinski definition) is 7. The van der Waals surface area contributed by atoms with Crippen molar-refractivity contribution < 1.29 is 4.21 Å². The summed E-state index contributed by atoms with van der Waals surface area (Å²) in [4.78, 5) is 7.81. The number of aromatic nitrogens is 2. The fourth-order valence-electron chi connectivity index (χ4n) is 1.07. The predicted molar refractivity (Wildman–Crippen MR) is 66.3 cm³/mol. The van der Waals surface area contributed by atoms with Gasteiger partial charge >= 0.3 is 0 Å². The predicted octanol–water partition coefficient (Wildman–Crippen LogP) is -0.475. The number of nitrogen functional groups attached to an aromatic ring is 2. The average Bonchev–Trinajstić information content (AvgIpc) is 2.28. The van der Waals surface area contributed by atoms with Crippen molar-refractivity contribution in [3.63, 3.8) is 0 Å². The molecule has 0 saturated carbocycles. The molecular weight excluding hydrogens is 228 g/mol. The van der Waals surface area contributed by atoms with Crippen LogP contribution in [0.15, 0.2) is 6.07 Å². The zero-order valence-electron chi connectivity index (χ0n) is 9.06. The summed E-state index contributed by atoms with van der Waals surface area (Å²) >= 11 is 0. The molecule has 0 bridgehead atoms. The molecule has 1 unspecified atom stereocenters. The van der Waals surface area contributed by atoms with Crippen molar-refractivity contribution in [3.05, 3.63) is 6.07 Å². The molecule has 1 aromatic rings. The minimum atomic E-state index is -0.791. The molecule has 1 atom stereocenters. The molecule has 90 valence electrons. The summed E-state index contributed by atoms with van der Waals surface area (Å²) < 4.78 is 11.2. The van der Waals surface area contributed by atoms with Crippen LogP contribution in [0.2, 0.25) is 0 Å². The zero-order valence-corrected chi connectivity index (χ0v) is 9.88. The third-order valence-corrected chi connectivity index (χ3v) is 3.15. The lowest BCUT2D eigenvalue weighted by Gasteiger charge is -2.07. The van der Waals surface area contributed by atoms with Crippen LogP contribution in [0.3, 0.4) is 0 Å². The second-order valence-electron chi connectivity index (χ2n) is 3.00. The van der Waals surface area contributed by atoms with Crippen LogP contribution < -0.4 is 22.3 Å². The molecule has 0 aromatic carbocycles. The van der Waals surface area contributed by atoms with E-state index in [0.717, 1.165) is 0 Å². The van der Waals surface area contributed by atoms with Crippen molar-refractivity contribution in [2.45, 2.75) is 6.92 Å². The number of nitrogens with zero attached hydrogens (tertiary/aromatic N) is 2. The lowest BCUT2D eigenvalue weighted by molar-refractivity contribution is 0.684. The van der Waals surface area contributed by atoms with Crippen LogP contribution in [0.5, 0.6) is 0 Å². The first-order chi connectivity index (χ1) is 7.65. The van der Waals surface area contributed by atoms with Gasteiger partial charge in [-0.25, -0.2) is 5.84 Å². The van der Waals surface area contributed by atoms with Crippen molar-refractivity contribution in [2.24, 2.45) is 5.84 Å². The summed E-state index contributed by atoms with van der Waals surface area (Å²) in [6, 6.07) is 1.63.